The summed E-state index contributed by atoms with van der Waals surface area (Å²) in [7, 11) is 1.34. The maximum atomic E-state index is 11.1. The van der Waals surface area contributed by atoms with Crippen LogP contribution in [0.3, 0.4) is 0 Å². The maximum absolute atomic E-state index is 11.1. The normalized spacial score (nSPS) is 14.5. The van der Waals surface area contributed by atoms with Crippen LogP contribution >= 0.6 is 0 Å². The zero-order chi connectivity index (χ0) is 11.2. The standard InChI is InChI=1S/C10H18O4/c1-4-10(2,6-5-8(11)12)7-9(13)14-3/h4-7H2,1-3H3,(H,11,12). The molecule has 0 aliphatic heterocycles. The van der Waals surface area contributed by atoms with E-state index in [-0.39, 0.29) is 24.2 Å². The molecule has 0 saturated heterocycles. The molecule has 0 rings (SSSR count). The quantitative estimate of drug-likeness (QED) is 0.667. The summed E-state index contributed by atoms with van der Waals surface area (Å²) < 4.78 is 4.57. The van der Waals surface area contributed by atoms with E-state index in [1.807, 2.05) is 13.8 Å². The molecule has 0 fully saturated rings. The third-order valence-corrected chi connectivity index (χ3v) is 2.59. The highest BCUT2D eigenvalue weighted by atomic mass is 16.5. The highest BCUT2D eigenvalue weighted by Gasteiger charge is 2.26. The lowest BCUT2D eigenvalue weighted by atomic mass is 9.80. The van der Waals surface area contributed by atoms with Crippen LogP contribution in [0, 0.1) is 5.41 Å². The van der Waals surface area contributed by atoms with Crippen LogP contribution in [0.5, 0.6) is 0 Å². The van der Waals surface area contributed by atoms with Crippen molar-refractivity contribution in [2.45, 2.75) is 39.5 Å². The van der Waals surface area contributed by atoms with E-state index in [2.05, 4.69) is 4.74 Å². The van der Waals surface area contributed by atoms with Crippen LogP contribution in [0.15, 0.2) is 0 Å². The largest absolute Gasteiger partial charge is 0.481 e. The lowest BCUT2D eigenvalue weighted by Gasteiger charge is -2.25. The Kier molecular flexibility index (Phi) is 5.20. The van der Waals surface area contributed by atoms with Gasteiger partial charge in [-0.15, -0.1) is 0 Å². The van der Waals surface area contributed by atoms with Crippen LogP contribution in [0.4, 0.5) is 0 Å². The molecule has 0 amide bonds. The molecule has 1 atom stereocenters. The summed E-state index contributed by atoms with van der Waals surface area (Å²) in [6, 6.07) is 0. The van der Waals surface area contributed by atoms with Gasteiger partial charge in [0.1, 0.15) is 0 Å². The van der Waals surface area contributed by atoms with Crippen molar-refractivity contribution in [2.75, 3.05) is 7.11 Å². The maximum Gasteiger partial charge on any atom is 0.306 e. The zero-order valence-corrected chi connectivity index (χ0v) is 9.00. The van der Waals surface area contributed by atoms with Gasteiger partial charge in [-0.05, 0) is 11.8 Å². The first-order valence-electron chi connectivity index (χ1n) is 4.72. The molecular weight excluding hydrogens is 184 g/mol. The number of rotatable bonds is 6. The summed E-state index contributed by atoms with van der Waals surface area (Å²) in [6.07, 6.45) is 1.66. The summed E-state index contributed by atoms with van der Waals surface area (Å²) in [4.78, 5) is 21.5. The van der Waals surface area contributed by atoms with Crippen molar-refractivity contribution in [1.82, 2.24) is 0 Å². The molecule has 0 aliphatic carbocycles. The first kappa shape index (κ1) is 12.9. The third kappa shape index (κ3) is 4.84. The molecule has 0 aromatic carbocycles. The van der Waals surface area contributed by atoms with Gasteiger partial charge in [-0.1, -0.05) is 20.3 Å². The van der Waals surface area contributed by atoms with Crippen LogP contribution in [-0.2, 0) is 14.3 Å². The Bertz CT molecular complexity index is 212. The summed E-state index contributed by atoms with van der Waals surface area (Å²) in [6.45, 7) is 3.86. The molecule has 0 aromatic heterocycles. The Labute approximate surface area is 84.3 Å². The van der Waals surface area contributed by atoms with Crippen LogP contribution in [0.1, 0.15) is 39.5 Å². The molecule has 0 bridgehead atoms. The Morgan fingerprint density at radius 2 is 2.00 bits per heavy atom. The van der Waals surface area contributed by atoms with E-state index in [0.717, 1.165) is 6.42 Å². The highest BCUT2D eigenvalue weighted by molar-refractivity contribution is 5.70. The van der Waals surface area contributed by atoms with Gasteiger partial charge in [-0.2, -0.15) is 0 Å². The van der Waals surface area contributed by atoms with Gasteiger partial charge in [0.2, 0.25) is 0 Å². The second-order valence-electron chi connectivity index (χ2n) is 3.81. The molecule has 4 heteroatoms. The molecule has 0 saturated carbocycles. The zero-order valence-electron chi connectivity index (χ0n) is 9.00. The first-order chi connectivity index (χ1) is 6.43. The van der Waals surface area contributed by atoms with E-state index in [4.69, 9.17) is 5.11 Å². The molecular formula is C10H18O4. The number of ether oxygens (including phenoxy) is 1. The Morgan fingerprint density at radius 3 is 2.36 bits per heavy atom. The van der Waals surface area contributed by atoms with Crippen molar-refractivity contribution in [2.24, 2.45) is 5.41 Å². The number of esters is 1. The van der Waals surface area contributed by atoms with Gasteiger partial charge in [0.05, 0.1) is 13.5 Å². The van der Waals surface area contributed by atoms with E-state index < -0.39 is 5.97 Å². The molecule has 0 aliphatic rings. The Balaban J connectivity index is 4.17. The minimum absolute atomic E-state index is 0.0985. The fourth-order valence-electron chi connectivity index (χ4n) is 1.22. The third-order valence-electron chi connectivity index (χ3n) is 2.59. The molecule has 1 N–H and O–H groups in total. The first-order valence-corrected chi connectivity index (χ1v) is 4.72. The fraction of sp³-hybridized carbons (Fsp3) is 0.800. The van der Waals surface area contributed by atoms with Crippen molar-refractivity contribution in [1.29, 1.82) is 0 Å². The van der Waals surface area contributed by atoms with Crippen LogP contribution in [0.25, 0.3) is 0 Å². The lowest BCUT2D eigenvalue weighted by molar-refractivity contribution is -0.144. The Hall–Kier alpha value is -1.06. The summed E-state index contributed by atoms with van der Waals surface area (Å²) in [5.74, 6) is -1.10. The molecule has 1 unspecified atom stereocenters. The van der Waals surface area contributed by atoms with Gasteiger partial charge in [-0.3, -0.25) is 9.59 Å². The second-order valence-corrected chi connectivity index (χ2v) is 3.81. The molecule has 0 heterocycles. The number of carboxylic acids is 1. The molecule has 4 nitrogen and oxygen atoms in total. The number of hydrogen-bond donors (Lipinski definition) is 1. The minimum Gasteiger partial charge on any atom is -0.481 e. The van der Waals surface area contributed by atoms with Crippen molar-refractivity contribution in [3.05, 3.63) is 0 Å². The fourth-order valence-corrected chi connectivity index (χ4v) is 1.22. The molecule has 82 valence electrons. The average molecular weight is 202 g/mol. The van der Waals surface area contributed by atoms with Gasteiger partial charge in [0.15, 0.2) is 0 Å². The van der Waals surface area contributed by atoms with Gasteiger partial charge < -0.3 is 9.84 Å². The van der Waals surface area contributed by atoms with Crippen LogP contribution in [0.2, 0.25) is 0 Å². The van der Waals surface area contributed by atoms with Crippen molar-refractivity contribution >= 4 is 11.9 Å². The molecule has 14 heavy (non-hydrogen) atoms. The van der Waals surface area contributed by atoms with Gasteiger partial charge >= 0.3 is 11.9 Å². The number of hydrogen-bond acceptors (Lipinski definition) is 3. The topological polar surface area (TPSA) is 63.6 Å². The monoisotopic (exact) mass is 202 g/mol. The molecule has 0 radical (unpaired) electrons. The predicted molar refractivity (Wildman–Crippen MR) is 51.9 cm³/mol. The van der Waals surface area contributed by atoms with Crippen molar-refractivity contribution < 1.29 is 19.4 Å². The van der Waals surface area contributed by atoms with E-state index in [1.165, 1.54) is 7.11 Å². The van der Waals surface area contributed by atoms with E-state index in [0.29, 0.717) is 6.42 Å². The number of carbonyl (C=O) groups is 2. The van der Waals surface area contributed by atoms with Crippen molar-refractivity contribution in [3.8, 4) is 0 Å². The predicted octanol–water partition coefficient (Wildman–Crippen LogP) is 1.83. The van der Waals surface area contributed by atoms with E-state index in [9.17, 15) is 9.59 Å². The molecule has 0 aromatic rings. The minimum atomic E-state index is -0.824. The van der Waals surface area contributed by atoms with Crippen LogP contribution < -0.4 is 0 Å². The number of aliphatic carboxylic acids is 1. The summed E-state index contributed by atoms with van der Waals surface area (Å²) in [5.41, 5.74) is -0.258. The van der Waals surface area contributed by atoms with Gasteiger partial charge in [-0.25, -0.2) is 0 Å². The van der Waals surface area contributed by atoms with E-state index >= 15 is 0 Å². The Morgan fingerprint density at radius 1 is 1.43 bits per heavy atom. The summed E-state index contributed by atoms with van der Waals surface area (Å²) in [5, 5.41) is 8.55. The SMILES string of the molecule is CCC(C)(CCC(=O)O)CC(=O)OC. The second kappa shape index (κ2) is 5.62. The average Bonchev–Trinajstić information content (AvgIpc) is 2.14. The summed E-state index contributed by atoms with van der Waals surface area (Å²) >= 11 is 0. The van der Waals surface area contributed by atoms with Crippen LogP contribution in [-0.4, -0.2) is 24.2 Å². The van der Waals surface area contributed by atoms with Gasteiger partial charge in [0.25, 0.3) is 0 Å². The molecule has 0 spiro atoms. The van der Waals surface area contributed by atoms with Crippen molar-refractivity contribution in [3.63, 3.8) is 0 Å². The van der Waals surface area contributed by atoms with Gasteiger partial charge in [0, 0.05) is 6.42 Å². The lowest BCUT2D eigenvalue weighted by Crippen LogP contribution is -2.22. The number of methoxy groups -OCH3 is 1. The highest BCUT2D eigenvalue weighted by Crippen LogP contribution is 2.31. The number of carbonyl (C=O) groups excluding carboxylic acids is 1. The smallest absolute Gasteiger partial charge is 0.306 e. The van der Waals surface area contributed by atoms with E-state index in [1.54, 1.807) is 0 Å². The number of carboxylic acid groups (broad SMARTS) is 1.